The summed E-state index contributed by atoms with van der Waals surface area (Å²) in [5.41, 5.74) is 2.69. The van der Waals surface area contributed by atoms with Crippen LogP contribution in [0.2, 0.25) is 5.02 Å². The Kier molecular flexibility index (Phi) is 8.72. The van der Waals surface area contributed by atoms with Crippen molar-refractivity contribution in [3.8, 4) is 10.0 Å². The Morgan fingerprint density at radius 2 is 1.69 bits per heavy atom. The maximum absolute atomic E-state index is 13.0. The number of fused-ring (bicyclic) bond motifs is 1. The van der Waals surface area contributed by atoms with Crippen LogP contribution in [0.3, 0.4) is 0 Å². The van der Waals surface area contributed by atoms with Gasteiger partial charge in [-0.05, 0) is 137 Å². The summed E-state index contributed by atoms with van der Waals surface area (Å²) >= 11 is 19.6. The summed E-state index contributed by atoms with van der Waals surface area (Å²) in [6.45, 7) is 6.35. The lowest BCUT2D eigenvalue weighted by atomic mass is 9.84. The molecule has 3 atom stereocenters. The molecule has 2 N–H and O–H groups in total. The van der Waals surface area contributed by atoms with E-state index in [0.717, 1.165) is 58.4 Å². The van der Waals surface area contributed by atoms with Crippen molar-refractivity contribution in [2.75, 3.05) is 0 Å². The van der Waals surface area contributed by atoms with Crippen molar-refractivity contribution in [1.29, 1.82) is 0 Å². The van der Waals surface area contributed by atoms with Crippen LogP contribution >= 0.6 is 89.7 Å². The van der Waals surface area contributed by atoms with Crippen molar-refractivity contribution in [3.05, 3.63) is 41.4 Å². The van der Waals surface area contributed by atoms with E-state index in [-0.39, 0.29) is 17.3 Å². The van der Waals surface area contributed by atoms with Gasteiger partial charge in [-0.15, -0.1) is 43.1 Å². The number of carboxylic acids is 2. The summed E-state index contributed by atoms with van der Waals surface area (Å²) in [4.78, 5) is 27.7. The fourth-order valence-corrected chi connectivity index (χ4v) is 14.3. The minimum atomic E-state index is -1.14. The van der Waals surface area contributed by atoms with E-state index in [1.165, 1.54) is 39.5 Å². The molecule has 0 radical (unpaired) electrons. The average molecular weight is 889 g/mol. The Morgan fingerprint density at radius 1 is 1.02 bits per heavy atom. The Bertz CT molecular complexity index is 2020. The Labute approximate surface area is 321 Å². The summed E-state index contributed by atoms with van der Waals surface area (Å²) in [6, 6.07) is 1.93. The highest BCUT2D eigenvalue weighted by Gasteiger charge is 2.51. The molecule has 3 saturated carbocycles. The molecule has 3 unspecified atom stereocenters. The van der Waals surface area contributed by atoms with E-state index in [9.17, 15) is 19.8 Å². The van der Waals surface area contributed by atoms with Crippen LogP contribution in [0, 0.1) is 11.3 Å². The molecule has 0 spiro atoms. The first kappa shape index (κ1) is 34.6. The van der Waals surface area contributed by atoms with E-state index in [1.54, 1.807) is 29.6 Å². The number of carbonyl (C=O) groups is 2. The van der Waals surface area contributed by atoms with Crippen molar-refractivity contribution in [1.82, 2.24) is 29.5 Å². The molecule has 4 aromatic heterocycles. The van der Waals surface area contributed by atoms with Crippen molar-refractivity contribution < 1.29 is 19.8 Å². The van der Waals surface area contributed by atoms with Gasteiger partial charge in [-0.1, -0.05) is 49.0 Å². The van der Waals surface area contributed by atoms with Crippen LogP contribution in [-0.4, -0.2) is 61.2 Å². The first-order chi connectivity index (χ1) is 23.2. The molecule has 4 heterocycles. The molecule has 4 aromatic rings. The van der Waals surface area contributed by atoms with Gasteiger partial charge >= 0.3 is 11.9 Å². The van der Waals surface area contributed by atoms with E-state index in [2.05, 4.69) is 66.1 Å². The summed E-state index contributed by atoms with van der Waals surface area (Å²) in [5, 5.41) is 41.8. The van der Waals surface area contributed by atoms with Gasteiger partial charge in [-0.3, -0.25) is 18.7 Å². The summed E-state index contributed by atoms with van der Waals surface area (Å²) in [5.74, 6) is -0.757. The van der Waals surface area contributed by atoms with Crippen LogP contribution < -0.4 is 0 Å². The molecular formula is C32H33Br2ClN6O4S4. The van der Waals surface area contributed by atoms with E-state index in [4.69, 9.17) is 11.6 Å². The van der Waals surface area contributed by atoms with E-state index < -0.39 is 21.4 Å². The standard InChI is InChI=1S/C32H33Br2ClN6O4S4/c1-30(2)12-17-18(13-30)23(41-27(34)37-39-29(41)49-32(25(44)45)7-4-8-32)47-22(17)16-9-15(16)11-31(3,24(42)43)48-28-38-36-26(33)40(28)20-10-19(35)21(46-20)14-5-6-14/h10,14-16H,4-9,11-13H2,1-3H3,(H,42,43)(H,44,45). The van der Waals surface area contributed by atoms with Gasteiger partial charge in [0.1, 0.15) is 19.5 Å². The molecule has 4 aliphatic rings. The minimum absolute atomic E-state index is 0.0730. The number of halogens is 3. The third kappa shape index (κ3) is 6.16. The lowest BCUT2D eigenvalue weighted by Crippen LogP contribution is -2.42. The largest absolute Gasteiger partial charge is 0.480 e. The molecule has 49 heavy (non-hydrogen) atoms. The Hall–Kier alpha value is -1.43. The van der Waals surface area contributed by atoms with Gasteiger partial charge in [0.2, 0.25) is 9.47 Å². The van der Waals surface area contributed by atoms with Gasteiger partial charge in [-0.25, -0.2) is 0 Å². The van der Waals surface area contributed by atoms with Crippen LogP contribution in [0.25, 0.3) is 10.0 Å². The predicted octanol–water partition coefficient (Wildman–Crippen LogP) is 9.38. The maximum Gasteiger partial charge on any atom is 0.320 e. The minimum Gasteiger partial charge on any atom is -0.480 e. The first-order valence-electron chi connectivity index (χ1n) is 16.2. The lowest BCUT2D eigenvalue weighted by Gasteiger charge is -2.36. The summed E-state index contributed by atoms with van der Waals surface area (Å²) in [6.07, 6.45) is 7.60. The van der Waals surface area contributed by atoms with Gasteiger partial charge in [0.05, 0.1) is 5.02 Å². The molecule has 10 nitrogen and oxygen atoms in total. The molecule has 17 heteroatoms. The van der Waals surface area contributed by atoms with Crippen molar-refractivity contribution in [2.45, 2.75) is 110 Å². The van der Waals surface area contributed by atoms with Crippen molar-refractivity contribution in [2.24, 2.45) is 11.3 Å². The fourth-order valence-electron chi connectivity index (χ4n) is 7.18. The smallest absolute Gasteiger partial charge is 0.320 e. The van der Waals surface area contributed by atoms with E-state index >= 15 is 0 Å². The van der Waals surface area contributed by atoms with Crippen LogP contribution in [-0.2, 0) is 22.4 Å². The van der Waals surface area contributed by atoms with Crippen molar-refractivity contribution in [3.63, 3.8) is 0 Å². The highest BCUT2D eigenvalue weighted by molar-refractivity contribution is 9.10. The van der Waals surface area contributed by atoms with Gasteiger partial charge in [-0.2, -0.15) is 0 Å². The Morgan fingerprint density at radius 3 is 2.33 bits per heavy atom. The number of thioether (sulfide) groups is 2. The van der Waals surface area contributed by atoms with Gasteiger partial charge in [0.25, 0.3) is 0 Å². The van der Waals surface area contributed by atoms with Gasteiger partial charge in [0, 0.05) is 9.75 Å². The van der Waals surface area contributed by atoms with Crippen molar-refractivity contribution >= 4 is 102 Å². The first-order valence-corrected chi connectivity index (χ1v) is 21.4. The van der Waals surface area contributed by atoms with Crippen LogP contribution in [0.5, 0.6) is 0 Å². The normalized spacial score (nSPS) is 23.2. The highest BCUT2D eigenvalue weighted by Crippen LogP contribution is 2.60. The summed E-state index contributed by atoms with van der Waals surface area (Å²) < 4.78 is 2.92. The van der Waals surface area contributed by atoms with Crippen LogP contribution in [0.4, 0.5) is 0 Å². The number of aliphatic carboxylic acids is 2. The third-order valence-corrected chi connectivity index (χ3v) is 17.0. The van der Waals surface area contributed by atoms with E-state index in [0.29, 0.717) is 45.0 Å². The van der Waals surface area contributed by atoms with Gasteiger partial charge in [0.15, 0.2) is 10.3 Å². The second-order valence-electron chi connectivity index (χ2n) is 14.7. The highest BCUT2D eigenvalue weighted by atomic mass is 79.9. The topological polar surface area (TPSA) is 136 Å². The zero-order chi connectivity index (χ0) is 34.6. The molecule has 0 bridgehead atoms. The number of aromatic nitrogens is 6. The number of thiophene rings is 2. The van der Waals surface area contributed by atoms with Gasteiger partial charge < -0.3 is 10.2 Å². The number of nitrogens with zero attached hydrogens (tertiary/aromatic N) is 6. The number of hydrogen-bond donors (Lipinski definition) is 2. The molecule has 0 aromatic carbocycles. The molecule has 0 aliphatic heterocycles. The molecule has 8 rings (SSSR count). The molecule has 4 aliphatic carbocycles. The average Bonchev–Trinajstić information content (AvgIpc) is 3.78. The quantitative estimate of drug-likeness (QED) is 0.133. The lowest BCUT2D eigenvalue weighted by molar-refractivity contribution is -0.142. The number of carboxylic acid groups (broad SMARTS) is 2. The second-order valence-corrected chi connectivity index (χ2v) is 21.4. The molecule has 0 amide bonds. The summed E-state index contributed by atoms with van der Waals surface area (Å²) in [7, 11) is 0. The molecule has 0 saturated heterocycles. The Balaban J connectivity index is 1.07. The third-order valence-electron chi connectivity index (χ3n) is 10.2. The van der Waals surface area contributed by atoms with Crippen LogP contribution in [0.15, 0.2) is 25.8 Å². The fraction of sp³-hybridized carbons (Fsp3) is 0.562. The molecular weight excluding hydrogens is 856 g/mol. The molecule has 3 fully saturated rings. The zero-order valence-electron chi connectivity index (χ0n) is 26.8. The maximum atomic E-state index is 13.0. The van der Waals surface area contributed by atoms with E-state index in [1.807, 2.05) is 15.2 Å². The SMILES string of the molecule is CC1(C)Cc2c(C3CC3CC(C)(Sc3nnc(Br)n3-c3cc(Cl)c(C4CC4)s3)C(=O)O)sc(-n3c(Br)nnc3SC3(C(=O)O)CCC3)c2C1. The molecule has 260 valence electrons. The second kappa shape index (κ2) is 12.3. The number of rotatable bonds is 12. The zero-order valence-corrected chi connectivity index (χ0v) is 34.0. The predicted molar refractivity (Wildman–Crippen MR) is 199 cm³/mol. The monoisotopic (exact) mass is 886 g/mol. The van der Waals surface area contributed by atoms with Crippen LogP contribution in [0.1, 0.15) is 98.4 Å². The number of hydrogen-bond acceptors (Lipinski definition) is 10.